The molecule has 4 heteroatoms. The van der Waals surface area contributed by atoms with Gasteiger partial charge in [0, 0.05) is 13.0 Å². The topological polar surface area (TPSA) is 57.6 Å². The van der Waals surface area contributed by atoms with Crippen molar-refractivity contribution in [1.29, 1.82) is 0 Å². The molecule has 2 rings (SSSR count). The van der Waals surface area contributed by atoms with Crippen LogP contribution < -0.4 is 0 Å². The summed E-state index contributed by atoms with van der Waals surface area (Å²) in [6, 6.07) is 3.46. The number of nitrogens with zero attached hydrogens (tertiary/aromatic N) is 1. The number of carboxylic acid groups (broad SMARTS) is 1. The molecule has 1 aromatic rings. The molecule has 1 atom stereocenters. The van der Waals surface area contributed by atoms with Crippen LogP contribution in [-0.4, -0.2) is 27.9 Å². The van der Waals surface area contributed by atoms with E-state index in [9.17, 15) is 9.59 Å². The number of carbonyl (C=O) groups excluding carboxylic acids is 1. The van der Waals surface area contributed by atoms with Crippen molar-refractivity contribution in [2.24, 2.45) is 0 Å². The molecule has 0 aromatic heterocycles. The van der Waals surface area contributed by atoms with Crippen molar-refractivity contribution in [1.82, 2.24) is 4.90 Å². The van der Waals surface area contributed by atoms with Crippen molar-refractivity contribution >= 4 is 11.9 Å². The van der Waals surface area contributed by atoms with E-state index in [0.29, 0.717) is 19.4 Å². The highest BCUT2D eigenvalue weighted by Crippen LogP contribution is 2.25. The fourth-order valence-electron chi connectivity index (χ4n) is 2.82. The Morgan fingerprint density at radius 3 is 2.42 bits per heavy atom. The van der Waals surface area contributed by atoms with Gasteiger partial charge in [0.25, 0.3) is 0 Å². The molecule has 1 N–H and O–H groups in total. The zero-order valence-corrected chi connectivity index (χ0v) is 11.6. The van der Waals surface area contributed by atoms with E-state index in [2.05, 4.69) is 12.1 Å². The highest BCUT2D eigenvalue weighted by Gasteiger charge is 2.36. The van der Waals surface area contributed by atoms with E-state index in [1.54, 1.807) is 0 Å². The fraction of sp³-hybridized carbons (Fsp3) is 0.467. The average molecular weight is 261 g/mol. The van der Waals surface area contributed by atoms with Crippen molar-refractivity contribution < 1.29 is 14.7 Å². The summed E-state index contributed by atoms with van der Waals surface area (Å²) in [4.78, 5) is 24.5. The molecule has 1 aliphatic heterocycles. The quantitative estimate of drug-likeness (QED) is 0.907. The first-order chi connectivity index (χ1) is 8.90. The van der Waals surface area contributed by atoms with Crippen LogP contribution in [0.25, 0.3) is 0 Å². The first kappa shape index (κ1) is 13.6. The van der Waals surface area contributed by atoms with Gasteiger partial charge in [-0.1, -0.05) is 17.7 Å². The molecular formula is C15H19NO3. The lowest BCUT2D eigenvalue weighted by molar-refractivity contribution is -0.146. The number of likely N-dealkylation sites (tertiary alicyclic amines) is 1. The van der Waals surface area contributed by atoms with Gasteiger partial charge in [-0.25, -0.2) is 4.79 Å². The summed E-state index contributed by atoms with van der Waals surface area (Å²) in [5, 5.41) is 9.17. The second kappa shape index (κ2) is 5.03. The summed E-state index contributed by atoms with van der Waals surface area (Å²) < 4.78 is 0. The number of carboxylic acids is 1. The summed E-state index contributed by atoms with van der Waals surface area (Å²) in [5.41, 5.74) is 4.47. The van der Waals surface area contributed by atoms with E-state index < -0.39 is 12.0 Å². The van der Waals surface area contributed by atoms with Gasteiger partial charge in [-0.3, -0.25) is 4.79 Å². The van der Waals surface area contributed by atoms with Gasteiger partial charge in [0.1, 0.15) is 6.04 Å². The molecule has 19 heavy (non-hydrogen) atoms. The van der Waals surface area contributed by atoms with Crippen LogP contribution in [0.1, 0.15) is 35.1 Å². The molecule has 0 radical (unpaired) electrons. The minimum Gasteiger partial charge on any atom is -0.480 e. The van der Waals surface area contributed by atoms with Gasteiger partial charge in [-0.05, 0) is 43.9 Å². The van der Waals surface area contributed by atoms with Gasteiger partial charge < -0.3 is 10.0 Å². The summed E-state index contributed by atoms with van der Waals surface area (Å²) in [7, 11) is 0. The van der Waals surface area contributed by atoms with Gasteiger partial charge in [-0.2, -0.15) is 0 Å². The van der Waals surface area contributed by atoms with E-state index in [-0.39, 0.29) is 5.91 Å². The number of amides is 1. The highest BCUT2D eigenvalue weighted by atomic mass is 16.4. The second-order valence-corrected chi connectivity index (χ2v) is 5.29. The Kier molecular flexibility index (Phi) is 3.60. The fourth-order valence-corrected chi connectivity index (χ4v) is 2.82. The Morgan fingerprint density at radius 1 is 1.32 bits per heavy atom. The number of aryl methyl sites for hydroxylation is 3. The molecule has 1 unspecified atom stereocenters. The standard InChI is InChI=1S/C15H19NO3/c1-9-6-10(2)12(11(3)7-9)8-16-13(15(18)19)4-5-14(16)17/h6-7,13H,4-5,8H2,1-3H3,(H,18,19). The zero-order chi connectivity index (χ0) is 14.2. The largest absolute Gasteiger partial charge is 0.480 e. The lowest BCUT2D eigenvalue weighted by Gasteiger charge is -2.24. The molecule has 102 valence electrons. The average Bonchev–Trinajstić information content (AvgIpc) is 2.65. The summed E-state index contributed by atoms with van der Waals surface area (Å²) in [6.45, 7) is 6.44. The predicted molar refractivity (Wildman–Crippen MR) is 71.9 cm³/mol. The highest BCUT2D eigenvalue weighted by molar-refractivity contribution is 5.87. The molecule has 1 saturated heterocycles. The SMILES string of the molecule is Cc1cc(C)c(CN2C(=O)CCC2C(=O)O)c(C)c1. The van der Waals surface area contributed by atoms with Crippen molar-refractivity contribution in [3.63, 3.8) is 0 Å². The molecule has 1 aromatic carbocycles. The van der Waals surface area contributed by atoms with Crippen LogP contribution in [0.2, 0.25) is 0 Å². The third-order valence-electron chi connectivity index (χ3n) is 3.78. The minimum atomic E-state index is -0.909. The Labute approximate surface area is 113 Å². The Balaban J connectivity index is 2.30. The van der Waals surface area contributed by atoms with Crippen molar-refractivity contribution in [2.75, 3.05) is 0 Å². The van der Waals surface area contributed by atoms with Crippen LogP contribution in [0.4, 0.5) is 0 Å². The van der Waals surface area contributed by atoms with Gasteiger partial charge in [0.2, 0.25) is 5.91 Å². The smallest absolute Gasteiger partial charge is 0.326 e. The van der Waals surface area contributed by atoms with Gasteiger partial charge in [0.05, 0.1) is 0 Å². The molecule has 0 bridgehead atoms. The summed E-state index contributed by atoms with van der Waals surface area (Å²) in [6.07, 6.45) is 0.749. The van der Waals surface area contributed by atoms with Crippen LogP contribution in [0, 0.1) is 20.8 Å². The third kappa shape index (κ3) is 2.62. The first-order valence-electron chi connectivity index (χ1n) is 6.49. The second-order valence-electron chi connectivity index (χ2n) is 5.29. The summed E-state index contributed by atoms with van der Waals surface area (Å²) in [5.74, 6) is -0.972. The van der Waals surface area contributed by atoms with Crippen molar-refractivity contribution in [2.45, 2.75) is 46.2 Å². The molecular weight excluding hydrogens is 242 g/mol. The van der Waals surface area contributed by atoms with Crippen LogP contribution in [0.5, 0.6) is 0 Å². The maximum atomic E-state index is 11.8. The third-order valence-corrected chi connectivity index (χ3v) is 3.78. The van der Waals surface area contributed by atoms with Crippen LogP contribution in [-0.2, 0) is 16.1 Å². The Bertz CT molecular complexity index is 513. The molecule has 1 fully saturated rings. The van der Waals surface area contributed by atoms with Gasteiger partial charge >= 0.3 is 5.97 Å². The number of aliphatic carboxylic acids is 1. The lowest BCUT2D eigenvalue weighted by Crippen LogP contribution is -2.38. The van der Waals surface area contributed by atoms with Crippen LogP contribution >= 0.6 is 0 Å². The van der Waals surface area contributed by atoms with E-state index >= 15 is 0 Å². The molecule has 0 aliphatic carbocycles. The molecule has 1 heterocycles. The van der Waals surface area contributed by atoms with E-state index in [1.165, 1.54) is 10.5 Å². The zero-order valence-electron chi connectivity index (χ0n) is 11.6. The molecule has 1 amide bonds. The predicted octanol–water partition coefficient (Wildman–Crippen LogP) is 2.19. The van der Waals surface area contributed by atoms with Crippen molar-refractivity contribution in [3.8, 4) is 0 Å². The normalized spacial score (nSPS) is 19.0. The van der Waals surface area contributed by atoms with Gasteiger partial charge in [-0.15, -0.1) is 0 Å². The molecule has 1 aliphatic rings. The summed E-state index contributed by atoms with van der Waals surface area (Å²) >= 11 is 0. The Hall–Kier alpha value is -1.84. The maximum absolute atomic E-state index is 11.8. The lowest BCUT2D eigenvalue weighted by atomic mass is 9.99. The van der Waals surface area contributed by atoms with Crippen LogP contribution in [0.3, 0.4) is 0 Å². The molecule has 4 nitrogen and oxygen atoms in total. The number of benzene rings is 1. The van der Waals surface area contributed by atoms with Crippen molar-refractivity contribution in [3.05, 3.63) is 34.4 Å². The monoisotopic (exact) mass is 261 g/mol. The number of rotatable bonds is 3. The molecule has 0 saturated carbocycles. The molecule has 0 spiro atoms. The number of hydrogen-bond donors (Lipinski definition) is 1. The first-order valence-corrected chi connectivity index (χ1v) is 6.49. The number of hydrogen-bond acceptors (Lipinski definition) is 2. The van der Waals surface area contributed by atoms with Crippen LogP contribution in [0.15, 0.2) is 12.1 Å². The maximum Gasteiger partial charge on any atom is 0.326 e. The number of carbonyl (C=O) groups is 2. The van der Waals surface area contributed by atoms with E-state index in [4.69, 9.17) is 5.11 Å². The minimum absolute atomic E-state index is 0.0632. The Morgan fingerprint density at radius 2 is 1.89 bits per heavy atom. The van der Waals surface area contributed by atoms with Gasteiger partial charge in [0.15, 0.2) is 0 Å². The van der Waals surface area contributed by atoms with E-state index in [0.717, 1.165) is 16.7 Å². The van der Waals surface area contributed by atoms with E-state index in [1.807, 2.05) is 20.8 Å².